The van der Waals surface area contributed by atoms with Gasteiger partial charge in [0.25, 0.3) is 0 Å². The van der Waals surface area contributed by atoms with E-state index in [4.69, 9.17) is 0 Å². The molecule has 2 aromatic rings. The largest absolute Gasteiger partial charge is 0.299 e. The lowest BCUT2D eigenvalue weighted by atomic mass is 9.80. The Balaban J connectivity index is 1.89. The molecule has 0 aliphatic heterocycles. The number of benzene rings is 1. The predicted molar refractivity (Wildman–Crippen MR) is 76.3 cm³/mol. The fraction of sp³-hybridized carbons (Fsp3) is 0.353. The third-order valence-corrected chi connectivity index (χ3v) is 5.12. The van der Waals surface area contributed by atoms with Crippen molar-refractivity contribution in [1.82, 2.24) is 10.2 Å². The monoisotopic (exact) mass is 300 g/mol. The Hall–Kier alpha value is -2.17. The van der Waals surface area contributed by atoms with Crippen LogP contribution in [0.25, 0.3) is 11.3 Å². The van der Waals surface area contributed by atoms with E-state index in [-0.39, 0.29) is 23.0 Å². The summed E-state index contributed by atoms with van der Waals surface area (Å²) >= 11 is 0. The molecule has 0 unspecified atom stereocenters. The van der Waals surface area contributed by atoms with Crippen LogP contribution in [-0.2, 0) is 10.2 Å². The summed E-state index contributed by atoms with van der Waals surface area (Å²) in [5.74, 6) is -0.965. The van der Waals surface area contributed by atoms with Crippen molar-refractivity contribution in [3.8, 4) is 11.3 Å². The number of hydrogen-bond acceptors (Lipinski definition) is 3. The molecule has 4 rings (SSSR count). The van der Waals surface area contributed by atoms with E-state index >= 15 is 0 Å². The van der Waals surface area contributed by atoms with E-state index in [0.717, 1.165) is 24.8 Å². The standard InChI is InChI=1S/C17H14F2N2O/c1-9(22)17-6-5-10(8-17)11-7-14(20-21-16(11)17)15-12(18)3-2-4-13(15)19/h2-4,7,10H,5-6,8H2,1H3/t10-,17+/m1/s1. The van der Waals surface area contributed by atoms with E-state index in [1.807, 2.05) is 0 Å². The first-order valence-electron chi connectivity index (χ1n) is 7.36. The Bertz CT molecular complexity index is 785. The van der Waals surface area contributed by atoms with E-state index in [1.54, 1.807) is 13.0 Å². The Morgan fingerprint density at radius 1 is 1.27 bits per heavy atom. The van der Waals surface area contributed by atoms with Crippen LogP contribution in [0.4, 0.5) is 8.78 Å². The topological polar surface area (TPSA) is 42.9 Å². The fourth-order valence-corrected chi connectivity index (χ4v) is 3.97. The number of ketones is 1. The van der Waals surface area contributed by atoms with E-state index in [1.165, 1.54) is 18.2 Å². The number of Topliss-reactive ketones (excluding diaryl/α,β-unsaturated/α-hetero) is 1. The minimum atomic E-state index is -0.654. The van der Waals surface area contributed by atoms with Gasteiger partial charge in [0.2, 0.25) is 0 Å². The first kappa shape index (κ1) is 13.5. The van der Waals surface area contributed by atoms with Crippen LogP contribution >= 0.6 is 0 Å². The molecule has 5 heteroatoms. The van der Waals surface area contributed by atoms with Gasteiger partial charge in [0.1, 0.15) is 17.4 Å². The second-order valence-electron chi connectivity index (χ2n) is 6.21. The molecule has 0 N–H and O–H groups in total. The molecule has 1 heterocycles. The maximum absolute atomic E-state index is 13.9. The summed E-state index contributed by atoms with van der Waals surface area (Å²) in [5, 5.41) is 8.20. The van der Waals surface area contributed by atoms with Gasteiger partial charge in [-0.25, -0.2) is 8.78 Å². The van der Waals surface area contributed by atoms with Crippen molar-refractivity contribution in [2.24, 2.45) is 0 Å². The third-order valence-electron chi connectivity index (χ3n) is 5.12. The average molecular weight is 300 g/mol. The number of rotatable bonds is 2. The van der Waals surface area contributed by atoms with Gasteiger partial charge in [0.05, 0.1) is 22.4 Å². The van der Waals surface area contributed by atoms with Gasteiger partial charge in [0, 0.05) is 0 Å². The normalized spacial score (nSPS) is 25.3. The molecule has 22 heavy (non-hydrogen) atoms. The lowest BCUT2D eigenvalue weighted by Gasteiger charge is -2.24. The molecule has 1 aromatic carbocycles. The van der Waals surface area contributed by atoms with Crippen molar-refractivity contribution in [2.45, 2.75) is 37.5 Å². The van der Waals surface area contributed by atoms with E-state index in [9.17, 15) is 13.6 Å². The summed E-state index contributed by atoms with van der Waals surface area (Å²) in [7, 11) is 0. The smallest absolute Gasteiger partial charge is 0.142 e. The maximum Gasteiger partial charge on any atom is 0.142 e. The van der Waals surface area contributed by atoms with E-state index in [0.29, 0.717) is 5.69 Å². The molecular formula is C17H14F2N2O. The zero-order valence-electron chi connectivity index (χ0n) is 12.1. The van der Waals surface area contributed by atoms with Gasteiger partial charge in [-0.2, -0.15) is 5.10 Å². The van der Waals surface area contributed by atoms with E-state index < -0.39 is 17.0 Å². The minimum absolute atomic E-state index is 0.105. The van der Waals surface area contributed by atoms with Crippen LogP contribution in [-0.4, -0.2) is 16.0 Å². The molecule has 3 nitrogen and oxygen atoms in total. The second-order valence-corrected chi connectivity index (χ2v) is 6.21. The number of aromatic nitrogens is 2. The summed E-state index contributed by atoms with van der Waals surface area (Å²) in [5.41, 5.74) is 1.14. The van der Waals surface area contributed by atoms with Gasteiger partial charge >= 0.3 is 0 Å². The highest BCUT2D eigenvalue weighted by Gasteiger charge is 2.53. The Morgan fingerprint density at radius 3 is 2.68 bits per heavy atom. The molecule has 1 fully saturated rings. The SMILES string of the molecule is CC(=O)[C@]12CC[C@H](C1)c1cc(-c3c(F)cccc3F)nnc12. The summed E-state index contributed by atoms with van der Waals surface area (Å²) in [6.07, 6.45) is 2.45. The molecule has 2 bridgehead atoms. The number of fused-ring (bicyclic) bond motifs is 5. The number of nitrogens with zero attached hydrogens (tertiary/aromatic N) is 2. The summed E-state index contributed by atoms with van der Waals surface area (Å²) in [6, 6.07) is 5.44. The van der Waals surface area contributed by atoms with Gasteiger partial charge in [-0.1, -0.05) is 6.07 Å². The van der Waals surface area contributed by atoms with Crippen LogP contribution in [0.3, 0.4) is 0 Å². The number of carbonyl (C=O) groups is 1. The molecule has 112 valence electrons. The highest BCUT2D eigenvalue weighted by Crippen LogP contribution is 2.57. The number of carbonyl (C=O) groups excluding carboxylic acids is 1. The van der Waals surface area contributed by atoms with E-state index in [2.05, 4.69) is 10.2 Å². The molecule has 2 aliphatic rings. The van der Waals surface area contributed by atoms with Gasteiger partial charge in [-0.15, -0.1) is 5.10 Å². The molecule has 2 atom stereocenters. The molecule has 0 spiro atoms. The van der Waals surface area contributed by atoms with Gasteiger partial charge in [0.15, 0.2) is 0 Å². The number of halogens is 2. The molecular weight excluding hydrogens is 286 g/mol. The van der Waals surface area contributed by atoms with Crippen molar-refractivity contribution >= 4 is 5.78 Å². The van der Waals surface area contributed by atoms with Crippen LogP contribution in [0, 0.1) is 11.6 Å². The minimum Gasteiger partial charge on any atom is -0.299 e. The Morgan fingerprint density at radius 2 is 2.00 bits per heavy atom. The molecule has 0 amide bonds. The molecule has 0 radical (unpaired) electrons. The predicted octanol–water partition coefficient (Wildman–Crippen LogP) is 3.53. The van der Waals surface area contributed by atoms with Crippen LogP contribution in [0.2, 0.25) is 0 Å². The molecule has 1 saturated carbocycles. The quantitative estimate of drug-likeness (QED) is 0.852. The second kappa shape index (κ2) is 4.41. The lowest BCUT2D eigenvalue weighted by Crippen LogP contribution is -2.31. The summed E-state index contributed by atoms with van der Waals surface area (Å²) in [4.78, 5) is 12.1. The lowest BCUT2D eigenvalue weighted by molar-refractivity contribution is -0.122. The number of hydrogen-bond donors (Lipinski definition) is 0. The average Bonchev–Trinajstić information content (AvgIpc) is 3.05. The van der Waals surface area contributed by atoms with Crippen LogP contribution in [0.5, 0.6) is 0 Å². The zero-order chi connectivity index (χ0) is 15.5. The summed E-state index contributed by atoms with van der Waals surface area (Å²) in [6.45, 7) is 1.59. The van der Waals surface area contributed by atoms with Crippen molar-refractivity contribution < 1.29 is 13.6 Å². The van der Waals surface area contributed by atoms with Crippen LogP contribution < -0.4 is 0 Å². The highest BCUT2D eigenvalue weighted by atomic mass is 19.1. The zero-order valence-corrected chi connectivity index (χ0v) is 12.1. The molecule has 1 aromatic heterocycles. The van der Waals surface area contributed by atoms with Crippen molar-refractivity contribution in [2.75, 3.05) is 0 Å². The molecule has 0 saturated heterocycles. The fourth-order valence-electron chi connectivity index (χ4n) is 3.97. The first-order chi connectivity index (χ1) is 10.5. The Labute approximate surface area is 126 Å². The van der Waals surface area contributed by atoms with Crippen molar-refractivity contribution in [3.63, 3.8) is 0 Å². The third kappa shape index (κ3) is 1.62. The molecule has 2 aliphatic carbocycles. The van der Waals surface area contributed by atoms with Gasteiger partial charge in [-0.3, -0.25) is 4.79 Å². The maximum atomic E-state index is 13.9. The van der Waals surface area contributed by atoms with Crippen molar-refractivity contribution in [3.05, 3.63) is 47.2 Å². The van der Waals surface area contributed by atoms with Gasteiger partial charge < -0.3 is 0 Å². The van der Waals surface area contributed by atoms with Gasteiger partial charge in [-0.05, 0) is 55.9 Å². The van der Waals surface area contributed by atoms with Crippen LogP contribution in [0.1, 0.15) is 43.4 Å². The summed E-state index contributed by atoms with van der Waals surface area (Å²) < 4.78 is 27.8. The van der Waals surface area contributed by atoms with Crippen molar-refractivity contribution in [1.29, 1.82) is 0 Å². The van der Waals surface area contributed by atoms with Crippen LogP contribution in [0.15, 0.2) is 24.3 Å². The first-order valence-corrected chi connectivity index (χ1v) is 7.36. The Kier molecular flexibility index (Phi) is 2.71. The highest BCUT2D eigenvalue weighted by molar-refractivity contribution is 5.90.